The van der Waals surface area contributed by atoms with E-state index >= 15 is 0 Å². The molecule has 2 aromatic carbocycles. The molecule has 0 radical (unpaired) electrons. The van der Waals surface area contributed by atoms with E-state index in [0.717, 1.165) is 12.0 Å². The molecule has 0 saturated heterocycles. The van der Waals surface area contributed by atoms with Gasteiger partial charge in [-0.2, -0.15) is 0 Å². The first kappa shape index (κ1) is 19.0. The van der Waals surface area contributed by atoms with Gasteiger partial charge in [0.15, 0.2) is 0 Å². The second-order valence-corrected chi connectivity index (χ2v) is 7.54. The first-order valence-corrected chi connectivity index (χ1v) is 9.70. The number of alkyl halides is 2. The highest BCUT2D eigenvalue weighted by atomic mass is 79.9. The predicted molar refractivity (Wildman–Crippen MR) is 102 cm³/mol. The monoisotopic (exact) mass is 421 g/mol. The van der Waals surface area contributed by atoms with Crippen molar-refractivity contribution in [3.05, 3.63) is 69.7 Å². The molecule has 0 spiro atoms. The Balaban J connectivity index is 1.58. The summed E-state index contributed by atoms with van der Waals surface area (Å²) in [5.41, 5.74) is 2.18. The van der Waals surface area contributed by atoms with Gasteiger partial charge in [0.2, 0.25) is 5.91 Å². The van der Waals surface area contributed by atoms with Gasteiger partial charge in [0, 0.05) is 29.0 Å². The Hall–Kier alpha value is -1.75. The summed E-state index contributed by atoms with van der Waals surface area (Å²) in [5, 5.41) is 0. The molecule has 5 heteroatoms. The van der Waals surface area contributed by atoms with Crippen molar-refractivity contribution in [2.75, 3.05) is 13.1 Å². The van der Waals surface area contributed by atoms with Crippen molar-refractivity contribution in [1.82, 2.24) is 4.90 Å². The Labute approximate surface area is 161 Å². The predicted octanol–water partition coefficient (Wildman–Crippen LogP) is 5.58. The second kappa shape index (κ2) is 8.30. The number of carbonyl (C=O) groups is 1. The molecule has 2 atom stereocenters. The summed E-state index contributed by atoms with van der Waals surface area (Å²) < 4.78 is 26.1. The summed E-state index contributed by atoms with van der Waals surface area (Å²) in [6, 6.07) is 15.1. The number of nitrogens with zero attached hydrogens (tertiary/aromatic N) is 1. The van der Waals surface area contributed by atoms with Gasteiger partial charge in [0.05, 0.1) is 0 Å². The first-order chi connectivity index (χ1) is 12.5. The van der Waals surface area contributed by atoms with Gasteiger partial charge in [-0.3, -0.25) is 4.79 Å². The van der Waals surface area contributed by atoms with E-state index in [-0.39, 0.29) is 17.4 Å². The van der Waals surface area contributed by atoms with E-state index in [9.17, 15) is 13.6 Å². The Morgan fingerprint density at radius 1 is 1.23 bits per heavy atom. The number of hydrogen-bond donors (Lipinski definition) is 0. The molecule has 0 aliphatic heterocycles. The maximum atomic E-state index is 12.8. The van der Waals surface area contributed by atoms with E-state index in [0.29, 0.717) is 29.9 Å². The number of carbonyl (C=O) groups excluding carboxylic acids is 1. The third-order valence-corrected chi connectivity index (χ3v) is 5.69. The lowest BCUT2D eigenvalue weighted by molar-refractivity contribution is -0.132. The molecular formula is C21H22BrF2NO. The summed E-state index contributed by atoms with van der Waals surface area (Å²) in [5.74, 6) is 0.604. The van der Waals surface area contributed by atoms with Gasteiger partial charge in [-0.05, 0) is 42.9 Å². The van der Waals surface area contributed by atoms with Crippen molar-refractivity contribution in [3.63, 3.8) is 0 Å². The Bertz CT molecular complexity index is 766. The highest BCUT2D eigenvalue weighted by molar-refractivity contribution is 9.10. The number of amides is 1. The smallest absolute Gasteiger partial charge is 0.264 e. The molecule has 1 saturated carbocycles. The summed E-state index contributed by atoms with van der Waals surface area (Å²) in [6.07, 6.45) is -0.921. The highest BCUT2D eigenvalue weighted by Gasteiger charge is 2.45. The summed E-state index contributed by atoms with van der Waals surface area (Å²) in [7, 11) is 0. The van der Waals surface area contributed by atoms with Crippen molar-refractivity contribution in [2.24, 2.45) is 5.92 Å². The summed E-state index contributed by atoms with van der Waals surface area (Å²) in [4.78, 5) is 14.6. The molecule has 1 fully saturated rings. The Morgan fingerprint density at radius 3 is 2.58 bits per heavy atom. The minimum Gasteiger partial charge on any atom is -0.342 e. The quantitative estimate of drug-likeness (QED) is 0.571. The lowest BCUT2D eigenvalue weighted by atomic mass is 10.1. The minimum absolute atomic E-state index is 0.000794. The van der Waals surface area contributed by atoms with Gasteiger partial charge in [-0.1, -0.05) is 58.4 Å². The molecule has 0 bridgehead atoms. The van der Waals surface area contributed by atoms with Gasteiger partial charge in [0.1, 0.15) is 0 Å². The van der Waals surface area contributed by atoms with Crippen LogP contribution >= 0.6 is 15.9 Å². The van der Waals surface area contributed by atoms with Crippen LogP contribution in [0.15, 0.2) is 53.0 Å². The molecule has 1 aliphatic carbocycles. The third kappa shape index (κ3) is 4.32. The molecule has 0 heterocycles. The topological polar surface area (TPSA) is 20.3 Å². The Kier molecular flexibility index (Phi) is 6.07. The van der Waals surface area contributed by atoms with Crippen LogP contribution in [0.3, 0.4) is 0 Å². The van der Waals surface area contributed by atoms with Crippen LogP contribution < -0.4 is 0 Å². The molecule has 0 aromatic heterocycles. The van der Waals surface area contributed by atoms with E-state index in [4.69, 9.17) is 0 Å². The molecule has 1 aliphatic rings. The fourth-order valence-electron chi connectivity index (χ4n) is 3.36. The first-order valence-electron chi connectivity index (χ1n) is 8.91. The van der Waals surface area contributed by atoms with E-state index in [1.807, 2.05) is 30.0 Å². The lowest BCUT2D eigenvalue weighted by Crippen LogP contribution is -2.34. The zero-order valence-electron chi connectivity index (χ0n) is 14.7. The molecule has 0 N–H and O–H groups in total. The van der Waals surface area contributed by atoms with Gasteiger partial charge in [-0.15, -0.1) is 0 Å². The van der Waals surface area contributed by atoms with E-state index in [1.165, 1.54) is 11.6 Å². The van der Waals surface area contributed by atoms with Crippen molar-refractivity contribution in [3.8, 4) is 0 Å². The van der Waals surface area contributed by atoms with Crippen LogP contribution in [-0.2, 0) is 11.2 Å². The van der Waals surface area contributed by atoms with Crippen molar-refractivity contribution >= 4 is 21.8 Å². The number of halogens is 3. The van der Waals surface area contributed by atoms with Gasteiger partial charge in [0.25, 0.3) is 6.43 Å². The molecule has 2 unspecified atom stereocenters. The highest BCUT2D eigenvalue weighted by Crippen LogP contribution is 2.48. The zero-order valence-corrected chi connectivity index (χ0v) is 16.3. The minimum atomic E-state index is -2.49. The van der Waals surface area contributed by atoms with Crippen LogP contribution in [-0.4, -0.2) is 23.9 Å². The van der Waals surface area contributed by atoms with Crippen LogP contribution in [0.4, 0.5) is 8.78 Å². The zero-order chi connectivity index (χ0) is 18.7. The maximum Gasteiger partial charge on any atom is 0.264 e. The average molecular weight is 422 g/mol. The van der Waals surface area contributed by atoms with E-state index in [1.54, 1.807) is 12.1 Å². The van der Waals surface area contributed by atoms with Crippen LogP contribution in [0.2, 0.25) is 0 Å². The number of benzene rings is 2. The summed E-state index contributed by atoms with van der Waals surface area (Å²) >= 11 is 3.21. The van der Waals surface area contributed by atoms with Gasteiger partial charge in [-0.25, -0.2) is 8.78 Å². The lowest BCUT2D eigenvalue weighted by Gasteiger charge is -2.21. The number of likely N-dealkylation sites (N-methyl/N-ethyl adjacent to an activating group) is 1. The molecule has 138 valence electrons. The third-order valence-electron chi connectivity index (χ3n) is 5.00. The second-order valence-electron chi connectivity index (χ2n) is 6.68. The average Bonchev–Trinajstić information content (AvgIpc) is 3.43. The van der Waals surface area contributed by atoms with Crippen LogP contribution in [0, 0.1) is 5.92 Å². The normalized spacial score (nSPS) is 18.8. The van der Waals surface area contributed by atoms with Crippen LogP contribution in [0.25, 0.3) is 0 Å². The molecule has 1 amide bonds. The van der Waals surface area contributed by atoms with Crippen LogP contribution in [0.5, 0.6) is 0 Å². The number of hydrogen-bond acceptors (Lipinski definition) is 1. The van der Waals surface area contributed by atoms with Gasteiger partial charge >= 0.3 is 0 Å². The van der Waals surface area contributed by atoms with E-state index < -0.39 is 6.43 Å². The van der Waals surface area contributed by atoms with Crippen molar-refractivity contribution in [2.45, 2.75) is 32.1 Å². The molecule has 3 rings (SSSR count). The molecule has 2 aromatic rings. The summed E-state index contributed by atoms with van der Waals surface area (Å²) in [6.45, 7) is 3.24. The number of rotatable bonds is 7. The van der Waals surface area contributed by atoms with E-state index in [2.05, 4.69) is 28.1 Å². The molecule has 2 nitrogen and oxygen atoms in total. The van der Waals surface area contributed by atoms with Crippen LogP contribution in [0.1, 0.15) is 42.4 Å². The van der Waals surface area contributed by atoms with Crippen molar-refractivity contribution in [1.29, 1.82) is 0 Å². The molecule has 26 heavy (non-hydrogen) atoms. The fraction of sp³-hybridized carbons (Fsp3) is 0.381. The van der Waals surface area contributed by atoms with Crippen molar-refractivity contribution < 1.29 is 13.6 Å². The van der Waals surface area contributed by atoms with Gasteiger partial charge < -0.3 is 4.90 Å². The fourth-order valence-corrected chi connectivity index (χ4v) is 3.96. The SMILES string of the molecule is CCN(CCc1ccc(C(F)F)c(Br)c1)C(=O)C1CC1c1ccccc1. The largest absolute Gasteiger partial charge is 0.342 e. The maximum absolute atomic E-state index is 12.8. The standard InChI is InChI=1S/C21H22BrF2NO/c1-2-25(11-10-14-8-9-16(20(23)24)19(22)12-14)21(26)18-13-17(18)15-6-4-3-5-7-15/h3-9,12,17-18,20H,2,10-11,13H2,1H3. The Morgan fingerprint density at radius 2 is 1.96 bits per heavy atom. The molecular weight excluding hydrogens is 400 g/mol.